The third kappa shape index (κ3) is 4.78. The van der Waals surface area contributed by atoms with E-state index in [4.69, 9.17) is 9.84 Å². The molecule has 150 valence electrons. The van der Waals surface area contributed by atoms with Crippen molar-refractivity contribution in [1.29, 1.82) is 0 Å². The summed E-state index contributed by atoms with van der Waals surface area (Å²) in [4.78, 5) is 11.1. The zero-order valence-electron chi connectivity index (χ0n) is 17.1. The van der Waals surface area contributed by atoms with Crippen LogP contribution in [0.1, 0.15) is 49.4 Å². The van der Waals surface area contributed by atoms with Crippen LogP contribution in [-0.4, -0.2) is 20.9 Å². The van der Waals surface area contributed by atoms with Gasteiger partial charge in [-0.25, -0.2) is 0 Å². The first-order valence-corrected chi connectivity index (χ1v) is 9.83. The summed E-state index contributed by atoms with van der Waals surface area (Å²) in [5, 5.41) is 14.9. The van der Waals surface area contributed by atoms with Gasteiger partial charge in [-0.1, -0.05) is 49.6 Å². The summed E-state index contributed by atoms with van der Waals surface area (Å²) in [6.45, 7) is 4.32. The Labute approximate surface area is 171 Å². The lowest BCUT2D eigenvalue weighted by Crippen LogP contribution is -2.05. The molecule has 0 radical (unpaired) electrons. The second kappa shape index (κ2) is 9.29. The number of aliphatic carboxylic acids is 1. The number of rotatable bonds is 8. The topological polar surface area (TPSA) is 64.3 Å². The minimum atomic E-state index is -0.857. The van der Waals surface area contributed by atoms with Crippen LogP contribution in [0, 0.1) is 11.8 Å². The molecule has 5 nitrogen and oxygen atoms in total. The maximum Gasteiger partial charge on any atom is 0.304 e. The van der Waals surface area contributed by atoms with Crippen LogP contribution in [-0.2, 0) is 24.9 Å². The molecule has 0 aliphatic rings. The smallest absolute Gasteiger partial charge is 0.304 e. The first kappa shape index (κ1) is 20.5. The number of hydrogen-bond acceptors (Lipinski definition) is 3. The largest absolute Gasteiger partial charge is 0.489 e. The number of aromatic nitrogens is 2. The minimum absolute atomic E-state index is 0.0103. The third-order valence-corrected chi connectivity index (χ3v) is 4.89. The second-order valence-electron chi connectivity index (χ2n) is 7.04. The first-order chi connectivity index (χ1) is 14.0. The number of para-hydroxylation sites is 1. The molecule has 0 saturated heterocycles. The van der Waals surface area contributed by atoms with Crippen LogP contribution in [0.2, 0.25) is 0 Å². The van der Waals surface area contributed by atoms with E-state index in [-0.39, 0.29) is 12.3 Å². The Bertz CT molecular complexity index is 1060. The van der Waals surface area contributed by atoms with Gasteiger partial charge in [-0.2, -0.15) is 5.10 Å². The first-order valence-electron chi connectivity index (χ1n) is 9.83. The molecule has 1 heterocycles. The molecule has 5 heteroatoms. The van der Waals surface area contributed by atoms with Gasteiger partial charge in [-0.15, -0.1) is 5.92 Å². The van der Waals surface area contributed by atoms with Gasteiger partial charge in [0.25, 0.3) is 0 Å². The lowest BCUT2D eigenvalue weighted by atomic mass is 9.96. The maximum atomic E-state index is 11.1. The van der Waals surface area contributed by atoms with Gasteiger partial charge < -0.3 is 9.84 Å². The Kier molecular flexibility index (Phi) is 6.56. The number of hydrogen-bond donors (Lipinski definition) is 1. The van der Waals surface area contributed by atoms with E-state index in [2.05, 4.69) is 36.0 Å². The molecule has 1 N–H and O–H groups in total. The van der Waals surface area contributed by atoms with Crippen molar-refractivity contribution in [1.82, 2.24) is 9.78 Å². The predicted octanol–water partition coefficient (Wildman–Crippen LogP) is 4.69. The van der Waals surface area contributed by atoms with Crippen molar-refractivity contribution in [3.8, 4) is 17.6 Å². The average Bonchev–Trinajstić information content (AvgIpc) is 3.03. The molecule has 3 aromatic rings. The van der Waals surface area contributed by atoms with Crippen LogP contribution in [0.3, 0.4) is 0 Å². The Hall–Kier alpha value is -3.26. The van der Waals surface area contributed by atoms with E-state index in [1.54, 1.807) is 6.92 Å². The van der Waals surface area contributed by atoms with Gasteiger partial charge in [-0.3, -0.25) is 9.48 Å². The molecule has 0 saturated carbocycles. The number of carboxylic acid groups (broad SMARTS) is 1. The van der Waals surface area contributed by atoms with E-state index >= 15 is 0 Å². The minimum Gasteiger partial charge on any atom is -0.489 e. The molecule has 1 atom stereocenters. The van der Waals surface area contributed by atoms with Gasteiger partial charge in [0, 0.05) is 18.0 Å². The van der Waals surface area contributed by atoms with E-state index in [0.717, 1.165) is 40.9 Å². The van der Waals surface area contributed by atoms with Crippen molar-refractivity contribution in [2.24, 2.45) is 7.05 Å². The third-order valence-electron chi connectivity index (χ3n) is 4.89. The fourth-order valence-corrected chi connectivity index (χ4v) is 3.59. The zero-order valence-corrected chi connectivity index (χ0v) is 17.1. The Morgan fingerprint density at radius 1 is 1.24 bits per heavy atom. The molecule has 1 unspecified atom stereocenters. The molecular formula is C24H26N2O3. The van der Waals surface area contributed by atoms with Gasteiger partial charge in [0.2, 0.25) is 0 Å². The number of carboxylic acids is 1. The summed E-state index contributed by atoms with van der Waals surface area (Å²) in [7, 11) is 1.97. The summed E-state index contributed by atoms with van der Waals surface area (Å²) in [5.41, 5.74) is 4.20. The molecule has 0 aliphatic carbocycles. The highest BCUT2D eigenvalue weighted by molar-refractivity contribution is 5.85. The van der Waals surface area contributed by atoms with Crippen LogP contribution in [0.5, 0.6) is 5.75 Å². The Morgan fingerprint density at radius 2 is 2.00 bits per heavy atom. The van der Waals surface area contributed by atoms with Gasteiger partial charge in [0.1, 0.15) is 12.4 Å². The van der Waals surface area contributed by atoms with Crippen molar-refractivity contribution in [3.05, 3.63) is 59.3 Å². The fraction of sp³-hybridized carbons (Fsp3) is 0.333. The van der Waals surface area contributed by atoms with Gasteiger partial charge in [-0.05, 0) is 31.0 Å². The normalized spacial score (nSPS) is 11.7. The average molecular weight is 390 g/mol. The van der Waals surface area contributed by atoms with Crippen molar-refractivity contribution >= 4 is 16.9 Å². The highest BCUT2D eigenvalue weighted by Gasteiger charge is 2.14. The number of fused-ring (bicyclic) bond motifs is 1. The summed E-state index contributed by atoms with van der Waals surface area (Å²) in [5.74, 6) is 5.34. The van der Waals surface area contributed by atoms with E-state index in [0.29, 0.717) is 6.61 Å². The number of ether oxygens (including phenoxy) is 1. The summed E-state index contributed by atoms with van der Waals surface area (Å²) < 4.78 is 7.94. The molecule has 3 rings (SSSR count). The Morgan fingerprint density at radius 3 is 2.66 bits per heavy atom. The van der Waals surface area contributed by atoms with Crippen LogP contribution in [0.4, 0.5) is 0 Å². The summed E-state index contributed by atoms with van der Waals surface area (Å²) >= 11 is 0. The number of carbonyl (C=O) groups is 1. The number of nitrogens with zero attached hydrogens (tertiary/aromatic N) is 2. The number of aryl methyl sites for hydroxylation is 2. The fourth-order valence-electron chi connectivity index (χ4n) is 3.59. The lowest BCUT2D eigenvalue weighted by Gasteiger charge is -2.11. The van der Waals surface area contributed by atoms with E-state index in [9.17, 15) is 4.79 Å². The van der Waals surface area contributed by atoms with Crippen LogP contribution < -0.4 is 4.74 Å². The second-order valence-corrected chi connectivity index (χ2v) is 7.04. The summed E-state index contributed by atoms with van der Waals surface area (Å²) in [6.07, 6.45) is 2.01. The monoisotopic (exact) mass is 390 g/mol. The molecule has 2 aromatic carbocycles. The molecule has 0 amide bonds. The van der Waals surface area contributed by atoms with E-state index < -0.39 is 5.97 Å². The van der Waals surface area contributed by atoms with Crippen molar-refractivity contribution < 1.29 is 14.6 Å². The van der Waals surface area contributed by atoms with Gasteiger partial charge in [0.05, 0.1) is 23.5 Å². The van der Waals surface area contributed by atoms with Crippen molar-refractivity contribution in [2.45, 2.75) is 45.6 Å². The molecule has 0 spiro atoms. The molecule has 0 aliphatic heterocycles. The van der Waals surface area contributed by atoms with Crippen LogP contribution in [0.25, 0.3) is 10.9 Å². The summed E-state index contributed by atoms with van der Waals surface area (Å²) in [6, 6.07) is 13.7. The quantitative estimate of drug-likeness (QED) is 0.567. The van der Waals surface area contributed by atoms with E-state index in [1.165, 1.54) is 5.39 Å². The van der Waals surface area contributed by atoms with Crippen LogP contribution in [0.15, 0.2) is 42.5 Å². The molecule has 29 heavy (non-hydrogen) atoms. The molecule has 1 aromatic heterocycles. The van der Waals surface area contributed by atoms with Gasteiger partial charge >= 0.3 is 5.97 Å². The molecule has 0 fully saturated rings. The standard InChI is InChI=1S/C24H26N2O3/c1-4-7-18(15-23(27)28)17-11-13-20(14-12-17)29-16-19-9-6-10-21-22(8-5-2)25-26(3)24(19)21/h6,9-14,18H,5,8,15-16H2,1-3H3,(H,27,28). The van der Waals surface area contributed by atoms with Crippen molar-refractivity contribution in [2.75, 3.05) is 0 Å². The number of benzene rings is 2. The van der Waals surface area contributed by atoms with Gasteiger partial charge in [0.15, 0.2) is 0 Å². The lowest BCUT2D eigenvalue weighted by molar-refractivity contribution is -0.137. The zero-order chi connectivity index (χ0) is 20.8. The molecule has 0 bridgehead atoms. The predicted molar refractivity (Wildman–Crippen MR) is 114 cm³/mol. The van der Waals surface area contributed by atoms with Crippen LogP contribution >= 0.6 is 0 Å². The van der Waals surface area contributed by atoms with Crippen molar-refractivity contribution in [3.63, 3.8) is 0 Å². The maximum absolute atomic E-state index is 11.1. The highest BCUT2D eigenvalue weighted by Crippen LogP contribution is 2.26. The molecular weight excluding hydrogens is 364 g/mol. The Balaban J connectivity index is 1.76. The SMILES string of the molecule is CC#CC(CC(=O)O)c1ccc(OCc2cccc3c(CCC)nn(C)c23)cc1. The highest BCUT2D eigenvalue weighted by atomic mass is 16.5. The van der Waals surface area contributed by atoms with E-state index in [1.807, 2.05) is 42.1 Å².